The van der Waals surface area contributed by atoms with E-state index in [0.29, 0.717) is 0 Å². The van der Waals surface area contributed by atoms with Crippen LogP contribution in [0, 0.1) is 0 Å². The molecule has 6 nitrogen and oxygen atoms in total. The maximum Gasteiger partial charge on any atom is 0.183 e. The zero-order chi connectivity index (χ0) is 9.72. The summed E-state index contributed by atoms with van der Waals surface area (Å²) in [4.78, 5) is 9.77. The van der Waals surface area contributed by atoms with Crippen LogP contribution in [0.3, 0.4) is 0 Å². The molecule has 0 aliphatic carbocycles. The van der Waals surface area contributed by atoms with Gasteiger partial charge in [0.2, 0.25) is 0 Å². The number of carbonyl (C=O) groups excluding carboxylic acids is 1. The third-order valence-corrected chi connectivity index (χ3v) is 1.39. The van der Waals surface area contributed by atoms with Gasteiger partial charge in [0.05, 0.1) is 6.61 Å². The average Bonchev–Trinajstić information content (AvgIpc) is 2.12. The van der Waals surface area contributed by atoms with Crippen LogP contribution in [-0.4, -0.2) is 63.3 Å². The Morgan fingerprint density at radius 1 is 1.23 bits per heavy atom. The first-order valence-corrected chi connectivity index (χ1v) is 3.29. The molecule has 13 heavy (non-hydrogen) atoms. The number of aliphatic hydroxyl groups excluding tert-OH is 4. The molecule has 0 aromatic rings. The third-order valence-electron chi connectivity index (χ3n) is 1.39. The molecule has 0 bridgehead atoms. The Labute approximate surface area is 73.5 Å². The number of carbonyl (C=O) groups is 1. The first kappa shape index (κ1) is 14.9. The summed E-state index contributed by atoms with van der Waals surface area (Å²) in [6, 6.07) is 0. The largest absolute Gasteiger partial charge is 0.412 e. The van der Waals surface area contributed by atoms with Crippen molar-refractivity contribution in [1.82, 2.24) is 0 Å². The highest BCUT2D eigenvalue weighted by Crippen LogP contribution is 2.05. The fourth-order valence-electron chi connectivity index (χ4n) is 0.604. The van der Waals surface area contributed by atoms with Gasteiger partial charge in [-0.15, -0.1) is 0 Å². The quantitative estimate of drug-likeness (QED) is 0.347. The first-order chi connectivity index (χ1) is 5.54. The molecule has 0 unspecified atom stereocenters. The second-order valence-electron chi connectivity index (χ2n) is 2.31. The summed E-state index contributed by atoms with van der Waals surface area (Å²) in [5.41, 5.74) is 0. The molecule has 0 spiro atoms. The van der Waals surface area contributed by atoms with Crippen LogP contribution < -0.4 is 0 Å². The molecule has 0 aromatic heterocycles. The van der Waals surface area contributed by atoms with Crippen LogP contribution in [0.4, 0.5) is 4.39 Å². The zero-order valence-electron chi connectivity index (χ0n) is 6.67. The van der Waals surface area contributed by atoms with Gasteiger partial charge >= 0.3 is 0 Å². The molecule has 6 N–H and O–H groups in total. The van der Waals surface area contributed by atoms with Crippen LogP contribution in [0.15, 0.2) is 0 Å². The minimum absolute atomic E-state index is 0. The van der Waals surface area contributed by atoms with Crippen molar-refractivity contribution in [2.75, 3.05) is 6.61 Å². The van der Waals surface area contributed by atoms with Gasteiger partial charge in [0.25, 0.3) is 0 Å². The molecule has 0 saturated carbocycles. The molecule has 7 heteroatoms. The van der Waals surface area contributed by atoms with Crippen LogP contribution in [0.1, 0.15) is 0 Å². The van der Waals surface area contributed by atoms with Crippen molar-refractivity contribution in [2.45, 2.75) is 24.5 Å². The average molecular weight is 200 g/mol. The Morgan fingerprint density at radius 3 is 2.00 bits per heavy atom. The van der Waals surface area contributed by atoms with Crippen molar-refractivity contribution in [1.29, 1.82) is 0 Å². The minimum atomic E-state index is -2.26. The number of hydrogen-bond donors (Lipinski definition) is 4. The molecule has 0 aliphatic heterocycles. The molecule has 0 amide bonds. The van der Waals surface area contributed by atoms with E-state index in [4.69, 9.17) is 20.4 Å². The van der Waals surface area contributed by atoms with Crippen molar-refractivity contribution in [3.8, 4) is 0 Å². The predicted molar refractivity (Wildman–Crippen MR) is 39.7 cm³/mol. The molecule has 0 fully saturated rings. The molecule has 0 rings (SSSR count). The molecular weight excluding hydrogens is 187 g/mol. The number of aldehydes is 1. The van der Waals surface area contributed by atoms with Gasteiger partial charge in [-0.2, -0.15) is 0 Å². The molecule has 4 atom stereocenters. The number of aliphatic hydroxyl groups is 4. The van der Waals surface area contributed by atoms with Gasteiger partial charge in [0, 0.05) is 0 Å². The molecule has 0 radical (unpaired) electrons. The van der Waals surface area contributed by atoms with Crippen LogP contribution >= 0.6 is 0 Å². The summed E-state index contributed by atoms with van der Waals surface area (Å²) in [6.07, 6.45) is -7.99. The van der Waals surface area contributed by atoms with Gasteiger partial charge < -0.3 is 30.7 Å². The predicted octanol–water partition coefficient (Wildman–Crippen LogP) is -3.23. The summed E-state index contributed by atoms with van der Waals surface area (Å²) < 4.78 is 12.3. The number of halogens is 1. The normalized spacial score (nSPS) is 19.5. The second kappa shape index (κ2) is 6.87. The Hall–Kier alpha value is -0.600. The second-order valence-corrected chi connectivity index (χ2v) is 2.31. The van der Waals surface area contributed by atoms with Gasteiger partial charge in [-0.05, 0) is 0 Å². The van der Waals surface area contributed by atoms with E-state index in [-0.39, 0.29) is 11.8 Å². The maximum atomic E-state index is 12.3. The summed E-state index contributed by atoms with van der Waals surface area (Å²) in [7, 11) is 0. The molecule has 0 saturated heterocycles. The lowest BCUT2D eigenvalue weighted by Gasteiger charge is -2.21. The molecular formula is C6H13FO6. The van der Waals surface area contributed by atoms with Crippen molar-refractivity contribution in [2.24, 2.45) is 0 Å². The molecule has 0 aliphatic rings. The van der Waals surface area contributed by atoms with E-state index >= 15 is 0 Å². The number of rotatable bonds is 5. The smallest absolute Gasteiger partial charge is 0.183 e. The van der Waals surface area contributed by atoms with Gasteiger partial charge in [-0.25, -0.2) is 4.39 Å². The summed E-state index contributed by atoms with van der Waals surface area (Å²) >= 11 is 0. The number of hydrogen-bond acceptors (Lipinski definition) is 5. The van der Waals surface area contributed by atoms with Gasteiger partial charge in [0.15, 0.2) is 12.5 Å². The monoisotopic (exact) mass is 200 g/mol. The van der Waals surface area contributed by atoms with Crippen LogP contribution in [0.5, 0.6) is 0 Å². The van der Waals surface area contributed by atoms with Gasteiger partial charge in [0.1, 0.15) is 18.3 Å². The lowest BCUT2D eigenvalue weighted by Crippen LogP contribution is -2.44. The van der Waals surface area contributed by atoms with E-state index in [2.05, 4.69) is 0 Å². The Balaban J connectivity index is 0. The maximum absolute atomic E-state index is 12.3. The first-order valence-electron chi connectivity index (χ1n) is 3.29. The van der Waals surface area contributed by atoms with Crippen molar-refractivity contribution in [3.63, 3.8) is 0 Å². The lowest BCUT2D eigenvalue weighted by atomic mass is 10.1. The highest BCUT2D eigenvalue weighted by molar-refractivity contribution is 5.56. The van der Waals surface area contributed by atoms with E-state index in [1.165, 1.54) is 0 Å². The van der Waals surface area contributed by atoms with Crippen molar-refractivity contribution < 1.29 is 35.1 Å². The van der Waals surface area contributed by atoms with E-state index in [9.17, 15) is 9.18 Å². The van der Waals surface area contributed by atoms with E-state index in [0.717, 1.165) is 0 Å². The Bertz CT molecular complexity index is 143. The molecule has 0 aromatic carbocycles. The summed E-state index contributed by atoms with van der Waals surface area (Å²) in [5, 5.41) is 34.6. The lowest BCUT2D eigenvalue weighted by molar-refractivity contribution is -0.127. The fourth-order valence-corrected chi connectivity index (χ4v) is 0.604. The topological polar surface area (TPSA) is 129 Å². The van der Waals surface area contributed by atoms with Gasteiger partial charge in [-0.3, -0.25) is 0 Å². The standard InChI is InChI=1S/C6H11FO5.H2O/c7-3(1-8)5(11)6(12)4(10)2-9;/h1,3-6,9-12H,2H2;1H2/t3-,4+,5+,6+;/m0./s1. The summed E-state index contributed by atoms with van der Waals surface area (Å²) in [6.45, 7) is -0.816. The fraction of sp³-hybridized carbons (Fsp3) is 0.833. The highest BCUT2D eigenvalue weighted by atomic mass is 19.1. The molecule has 80 valence electrons. The van der Waals surface area contributed by atoms with E-state index < -0.39 is 31.1 Å². The van der Waals surface area contributed by atoms with Crippen LogP contribution in [0.2, 0.25) is 0 Å². The number of alkyl halides is 1. The van der Waals surface area contributed by atoms with Crippen molar-refractivity contribution in [3.05, 3.63) is 0 Å². The van der Waals surface area contributed by atoms with Gasteiger partial charge in [-0.1, -0.05) is 0 Å². The SMILES string of the molecule is O.O=C[C@H](F)[C@@H](O)[C@H](O)[C@H](O)CO. The van der Waals surface area contributed by atoms with Crippen molar-refractivity contribution >= 4 is 6.29 Å². The third kappa shape index (κ3) is 4.25. The van der Waals surface area contributed by atoms with Crippen LogP contribution in [0.25, 0.3) is 0 Å². The Kier molecular flexibility index (Phi) is 7.87. The Morgan fingerprint density at radius 2 is 1.69 bits per heavy atom. The van der Waals surface area contributed by atoms with E-state index in [1.807, 2.05) is 0 Å². The molecule has 0 heterocycles. The van der Waals surface area contributed by atoms with Crippen LogP contribution in [-0.2, 0) is 4.79 Å². The van der Waals surface area contributed by atoms with E-state index in [1.54, 1.807) is 0 Å². The zero-order valence-corrected chi connectivity index (χ0v) is 6.67. The highest BCUT2D eigenvalue weighted by Gasteiger charge is 2.30. The summed E-state index contributed by atoms with van der Waals surface area (Å²) in [5.74, 6) is 0. The minimum Gasteiger partial charge on any atom is -0.412 e.